The number of carbonyl (C=O) groups excluding carboxylic acids is 2. The summed E-state index contributed by atoms with van der Waals surface area (Å²) in [6.45, 7) is 0. The van der Waals surface area contributed by atoms with Gasteiger partial charge in [0.25, 0.3) is 11.8 Å². The van der Waals surface area contributed by atoms with Crippen LogP contribution in [0.1, 0.15) is 21.5 Å². The Kier molecular flexibility index (Phi) is 6.59. The van der Waals surface area contributed by atoms with Gasteiger partial charge in [0.05, 0.1) is 21.3 Å². The van der Waals surface area contributed by atoms with Crippen molar-refractivity contribution in [3.63, 3.8) is 0 Å². The summed E-state index contributed by atoms with van der Waals surface area (Å²) in [5.41, 5.74) is 4.59. The zero-order valence-corrected chi connectivity index (χ0v) is 18.9. The van der Waals surface area contributed by atoms with E-state index in [4.69, 9.17) is 14.2 Å². The van der Waals surface area contributed by atoms with Crippen LogP contribution >= 0.6 is 0 Å². The fourth-order valence-corrected chi connectivity index (χ4v) is 3.49. The average molecular weight is 457 g/mol. The van der Waals surface area contributed by atoms with Crippen LogP contribution in [-0.2, 0) is 4.79 Å². The van der Waals surface area contributed by atoms with Crippen molar-refractivity contribution in [1.82, 2.24) is 10.4 Å². The Morgan fingerprint density at radius 2 is 1.47 bits per heavy atom. The first-order valence-corrected chi connectivity index (χ1v) is 10.4. The van der Waals surface area contributed by atoms with E-state index in [1.807, 2.05) is 60.7 Å². The SMILES string of the molecule is COc1cc(C(=O)NN2C(=O)C(=Cc3ccccc3)N=C2c2ccccc2)cc(OC)c1OC. The van der Waals surface area contributed by atoms with E-state index in [9.17, 15) is 9.59 Å². The summed E-state index contributed by atoms with van der Waals surface area (Å²) in [7, 11) is 4.40. The minimum absolute atomic E-state index is 0.204. The number of ether oxygens (including phenoxy) is 3. The molecular weight excluding hydrogens is 434 g/mol. The number of hydrogen-bond donors (Lipinski definition) is 1. The number of amides is 2. The van der Waals surface area contributed by atoms with Gasteiger partial charge in [0.15, 0.2) is 17.3 Å². The van der Waals surface area contributed by atoms with Crippen molar-refractivity contribution < 1.29 is 23.8 Å². The van der Waals surface area contributed by atoms with Crippen molar-refractivity contribution in [3.05, 3.63) is 95.2 Å². The van der Waals surface area contributed by atoms with Crippen LogP contribution in [0, 0.1) is 0 Å². The Morgan fingerprint density at radius 3 is 2.03 bits per heavy atom. The molecule has 0 saturated heterocycles. The molecule has 0 atom stereocenters. The maximum absolute atomic E-state index is 13.3. The van der Waals surface area contributed by atoms with E-state index < -0.39 is 11.8 Å². The van der Waals surface area contributed by atoms with E-state index in [0.717, 1.165) is 10.6 Å². The van der Waals surface area contributed by atoms with Crippen molar-refractivity contribution in [1.29, 1.82) is 0 Å². The summed E-state index contributed by atoms with van der Waals surface area (Å²) >= 11 is 0. The van der Waals surface area contributed by atoms with Crippen LogP contribution in [0.3, 0.4) is 0 Å². The zero-order valence-electron chi connectivity index (χ0n) is 18.9. The van der Waals surface area contributed by atoms with Gasteiger partial charge in [-0.15, -0.1) is 0 Å². The molecule has 0 saturated carbocycles. The number of nitrogens with zero attached hydrogens (tertiary/aromatic N) is 2. The Balaban J connectivity index is 1.70. The summed E-state index contributed by atoms with van der Waals surface area (Å²) in [6.07, 6.45) is 1.68. The summed E-state index contributed by atoms with van der Waals surface area (Å²) in [5, 5.41) is 1.15. The van der Waals surface area contributed by atoms with Crippen LogP contribution in [0.15, 0.2) is 83.5 Å². The molecule has 4 rings (SSSR count). The third kappa shape index (κ3) is 4.47. The van der Waals surface area contributed by atoms with Crippen molar-refractivity contribution in [2.24, 2.45) is 4.99 Å². The van der Waals surface area contributed by atoms with Gasteiger partial charge >= 0.3 is 0 Å². The van der Waals surface area contributed by atoms with Gasteiger partial charge in [0.1, 0.15) is 5.70 Å². The van der Waals surface area contributed by atoms with E-state index >= 15 is 0 Å². The van der Waals surface area contributed by atoms with E-state index in [0.29, 0.717) is 28.6 Å². The molecule has 0 radical (unpaired) electrons. The highest BCUT2D eigenvalue weighted by Crippen LogP contribution is 2.38. The maximum atomic E-state index is 13.3. The largest absolute Gasteiger partial charge is 0.493 e. The number of hydrazine groups is 1. The lowest BCUT2D eigenvalue weighted by atomic mass is 10.1. The lowest BCUT2D eigenvalue weighted by molar-refractivity contribution is -0.124. The van der Waals surface area contributed by atoms with Crippen molar-refractivity contribution >= 4 is 23.7 Å². The lowest BCUT2D eigenvalue weighted by Crippen LogP contribution is -2.47. The van der Waals surface area contributed by atoms with Crippen LogP contribution in [0.4, 0.5) is 0 Å². The molecule has 0 aromatic heterocycles. The first kappa shape index (κ1) is 22.6. The molecule has 0 bridgehead atoms. The number of benzene rings is 3. The van der Waals surface area contributed by atoms with Crippen LogP contribution in [0.5, 0.6) is 17.2 Å². The van der Waals surface area contributed by atoms with Gasteiger partial charge < -0.3 is 14.2 Å². The number of aliphatic imine (C=N–C) groups is 1. The van der Waals surface area contributed by atoms with Gasteiger partial charge in [-0.1, -0.05) is 60.7 Å². The van der Waals surface area contributed by atoms with Crippen LogP contribution in [0.2, 0.25) is 0 Å². The van der Waals surface area contributed by atoms with Gasteiger partial charge in [-0.3, -0.25) is 15.0 Å². The number of amidine groups is 1. The molecule has 1 N–H and O–H groups in total. The Bertz CT molecular complexity index is 1250. The number of nitrogens with one attached hydrogen (secondary N) is 1. The van der Waals surface area contributed by atoms with Gasteiger partial charge in [0.2, 0.25) is 5.75 Å². The minimum atomic E-state index is -0.544. The highest BCUT2D eigenvalue weighted by molar-refractivity contribution is 6.20. The minimum Gasteiger partial charge on any atom is -0.493 e. The third-order valence-corrected chi connectivity index (χ3v) is 5.14. The lowest BCUT2D eigenvalue weighted by Gasteiger charge is -2.20. The van der Waals surface area contributed by atoms with Crippen molar-refractivity contribution in [2.75, 3.05) is 21.3 Å². The molecule has 3 aromatic carbocycles. The summed E-state index contributed by atoms with van der Waals surface area (Å²) in [6, 6.07) is 21.6. The van der Waals surface area contributed by atoms with E-state index in [-0.39, 0.29) is 11.3 Å². The highest BCUT2D eigenvalue weighted by Gasteiger charge is 2.33. The standard InChI is InChI=1S/C26H23N3O5/c1-32-21-15-19(16-22(33-2)23(21)34-3)25(30)28-29-24(18-12-8-5-9-13-18)27-20(26(29)31)14-17-10-6-4-7-11-17/h4-16H,1-3H3,(H,28,30). The molecule has 0 fully saturated rings. The smallest absolute Gasteiger partial charge is 0.297 e. The first-order valence-electron chi connectivity index (χ1n) is 10.4. The predicted molar refractivity (Wildman–Crippen MR) is 128 cm³/mol. The molecule has 2 amide bonds. The first-order chi connectivity index (χ1) is 16.5. The van der Waals surface area contributed by atoms with Crippen LogP contribution in [-0.4, -0.2) is 44.0 Å². The number of carbonyl (C=O) groups is 2. The van der Waals surface area contributed by atoms with Gasteiger partial charge in [0, 0.05) is 11.1 Å². The zero-order chi connectivity index (χ0) is 24.1. The molecule has 1 aliphatic heterocycles. The molecule has 1 aliphatic rings. The fourth-order valence-electron chi connectivity index (χ4n) is 3.49. The monoisotopic (exact) mass is 457 g/mol. The highest BCUT2D eigenvalue weighted by atomic mass is 16.5. The maximum Gasteiger partial charge on any atom is 0.297 e. The molecule has 34 heavy (non-hydrogen) atoms. The summed E-state index contributed by atoms with van der Waals surface area (Å²) in [4.78, 5) is 31.0. The van der Waals surface area contributed by atoms with Crippen molar-refractivity contribution in [3.8, 4) is 17.2 Å². The van der Waals surface area contributed by atoms with Crippen LogP contribution < -0.4 is 19.6 Å². The molecule has 0 aliphatic carbocycles. The van der Waals surface area contributed by atoms with Gasteiger partial charge in [-0.05, 0) is 23.8 Å². The van der Waals surface area contributed by atoms with Crippen molar-refractivity contribution in [2.45, 2.75) is 0 Å². The Morgan fingerprint density at radius 1 is 0.882 bits per heavy atom. The molecule has 172 valence electrons. The fraction of sp³-hybridized carbons (Fsp3) is 0.115. The molecule has 8 nitrogen and oxygen atoms in total. The summed E-state index contributed by atoms with van der Waals surface area (Å²) < 4.78 is 16.0. The number of rotatable bonds is 7. The molecule has 1 heterocycles. The Labute approximate surface area is 197 Å². The predicted octanol–water partition coefficient (Wildman–Crippen LogP) is 3.69. The van der Waals surface area contributed by atoms with Gasteiger partial charge in [-0.2, -0.15) is 5.01 Å². The third-order valence-electron chi connectivity index (χ3n) is 5.14. The van der Waals surface area contributed by atoms with E-state index in [1.165, 1.54) is 33.5 Å². The normalized spacial score (nSPS) is 14.1. The Hall–Kier alpha value is -4.59. The molecule has 0 spiro atoms. The topological polar surface area (TPSA) is 89.5 Å². The summed E-state index contributed by atoms with van der Waals surface area (Å²) in [5.74, 6) is 0.315. The second-order valence-electron chi connectivity index (χ2n) is 7.24. The van der Waals surface area contributed by atoms with E-state index in [1.54, 1.807) is 6.08 Å². The molecule has 3 aromatic rings. The average Bonchev–Trinajstić information content (AvgIpc) is 3.18. The molecule has 8 heteroatoms. The number of hydrogen-bond acceptors (Lipinski definition) is 6. The molecular formula is C26H23N3O5. The second-order valence-corrected chi connectivity index (χ2v) is 7.24. The van der Waals surface area contributed by atoms with Gasteiger partial charge in [-0.25, -0.2) is 4.99 Å². The number of methoxy groups -OCH3 is 3. The second kappa shape index (κ2) is 9.91. The molecule has 0 unspecified atom stereocenters. The quantitative estimate of drug-likeness (QED) is 0.547. The van der Waals surface area contributed by atoms with Crippen LogP contribution in [0.25, 0.3) is 6.08 Å². The van der Waals surface area contributed by atoms with E-state index in [2.05, 4.69) is 10.4 Å².